The third-order valence-electron chi connectivity index (χ3n) is 4.31. The number of benzene rings is 2. The van der Waals surface area contributed by atoms with E-state index in [9.17, 15) is 14.0 Å². The van der Waals surface area contributed by atoms with Crippen LogP contribution >= 0.6 is 11.8 Å². The first-order valence-corrected chi connectivity index (χ1v) is 9.49. The van der Waals surface area contributed by atoms with Gasteiger partial charge in [-0.05, 0) is 67.6 Å². The number of rotatable bonds is 4. The van der Waals surface area contributed by atoms with Crippen LogP contribution in [0.25, 0.3) is 0 Å². The summed E-state index contributed by atoms with van der Waals surface area (Å²) in [6.07, 6.45) is 2.49. The lowest BCUT2D eigenvalue weighted by Crippen LogP contribution is -2.43. The Kier molecular flexibility index (Phi) is 5.46. The van der Waals surface area contributed by atoms with Gasteiger partial charge in [-0.3, -0.25) is 4.79 Å². The number of carbonyl (C=O) groups is 2. The molecule has 2 aromatic rings. The third kappa shape index (κ3) is 3.99. The van der Waals surface area contributed by atoms with Gasteiger partial charge in [0, 0.05) is 22.8 Å². The fraction of sp³-hybridized carbons (Fsp3) is 0.263. The second-order valence-corrected chi connectivity index (χ2v) is 6.97. The average molecular weight is 373 g/mol. The zero-order valence-electron chi connectivity index (χ0n) is 14.6. The highest BCUT2D eigenvalue weighted by atomic mass is 32.2. The first kappa shape index (κ1) is 18.3. The van der Waals surface area contributed by atoms with Crippen LogP contribution in [0.4, 0.5) is 20.6 Å². The Balaban J connectivity index is 1.60. The molecule has 2 N–H and O–H groups in total. The predicted octanol–water partition coefficient (Wildman–Crippen LogP) is 3.78. The van der Waals surface area contributed by atoms with Crippen LogP contribution in [0.5, 0.6) is 0 Å². The maximum Gasteiger partial charge on any atom is 0.319 e. The van der Waals surface area contributed by atoms with Crippen LogP contribution in [0.1, 0.15) is 12.0 Å². The minimum atomic E-state index is -0.592. The molecule has 26 heavy (non-hydrogen) atoms. The minimum absolute atomic E-state index is 0.191. The molecular formula is C19H20FN3O2S. The zero-order valence-corrected chi connectivity index (χ0v) is 15.4. The van der Waals surface area contributed by atoms with E-state index in [0.717, 1.165) is 4.90 Å². The molecule has 7 heteroatoms. The predicted molar refractivity (Wildman–Crippen MR) is 102 cm³/mol. The van der Waals surface area contributed by atoms with Crippen LogP contribution in [-0.4, -0.2) is 30.8 Å². The summed E-state index contributed by atoms with van der Waals surface area (Å²) in [5.74, 6) is -0.495. The number of anilines is 2. The molecule has 3 rings (SSSR count). The fourth-order valence-electron chi connectivity index (χ4n) is 2.87. The summed E-state index contributed by atoms with van der Waals surface area (Å²) in [6.45, 7) is 2.14. The monoisotopic (exact) mass is 373 g/mol. The third-order valence-corrected chi connectivity index (χ3v) is 5.06. The molecule has 5 nitrogen and oxygen atoms in total. The van der Waals surface area contributed by atoms with Gasteiger partial charge in [0.2, 0.25) is 5.91 Å². The van der Waals surface area contributed by atoms with Crippen LogP contribution in [0.15, 0.2) is 47.4 Å². The van der Waals surface area contributed by atoms with E-state index < -0.39 is 12.1 Å². The van der Waals surface area contributed by atoms with Crippen LogP contribution in [-0.2, 0) is 4.79 Å². The van der Waals surface area contributed by atoms with Crippen molar-refractivity contribution >= 4 is 35.1 Å². The van der Waals surface area contributed by atoms with Gasteiger partial charge in [-0.25, -0.2) is 9.18 Å². The summed E-state index contributed by atoms with van der Waals surface area (Å²) >= 11 is 1.62. The molecule has 0 aliphatic carbocycles. The molecule has 0 aromatic heterocycles. The highest BCUT2D eigenvalue weighted by Gasteiger charge is 2.33. The minimum Gasteiger partial charge on any atom is -0.326 e. The van der Waals surface area contributed by atoms with Gasteiger partial charge in [-0.15, -0.1) is 11.8 Å². The van der Waals surface area contributed by atoms with E-state index in [1.165, 1.54) is 6.07 Å². The molecule has 3 amide bonds. The summed E-state index contributed by atoms with van der Waals surface area (Å²) in [6, 6.07) is 11.0. The number of thioether (sulfide) groups is 1. The van der Waals surface area contributed by atoms with Crippen molar-refractivity contribution in [3.8, 4) is 0 Å². The second kappa shape index (κ2) is 7.78. The van der Waals surface area contributed by atoms with Gasteiger partial charge >= 0.3 is 6.03 Å². The smallest absolute Gasteiger partial charge is 0.319 e. The number of carbonyl (C=O) groups excluding carboxylic acids is 2. The molecular weight excluding hydrogens is 353 g/mol. The van der Waals surface area contributed by atoms with Crippen LogP contribution < -0.4 is 15.5 Å². The Morgan fingerprint density at radius 3 is 2.62 bits per heavy atom. The lowest BCUT2D eigenvalue weighted by Gasteiger charge is -2.18. The Hall–Kier alpha value is -2.54. The van der Waals surface area contributed by atoms with Crippen molar-refractivity contribution < 1.29 is 14.0 Å². The van der Waals surface area contributed by atoms with E-state index in [0.29, 0.717) is 29.9 Å². The first-order valence-electron chi connectivity index (χ1n) is 8.27. The molecule has 0 spiro atoms. The number of hydrogen-bond acceptors (Lipinski definition) is 3. The lowest BCUT2D eigenvalue weighted by atomic mass is 10.2. The van der Waals surface area contributed by atoms with Crippen molar-refractivity contribution in [2.75, 3.05) is 23.0 Å². The molecule has 1 fully saturated rings. The summed E-state index contributed by atoms with van der Waals surface area (Å²) in [7, 11) is 0. The largest absolute Gasteiger partial charge is 0.326 e. The van der Waals surface area contributed by atoms with Crippen LogP contribution in [0.3, 0.4) is 0 Å². The molecule has 0 radical (unpaired) electrons. The summed E-state index contributed by atoms with van der Waals surface area (Å²) in [4.78, 5) is 27.4. The highest BCUT2D eigenvalue weighted by Crippen LogP contribution is 2.24. The number of nitrogens with one attached hydrogen (secondary N) is 2. The average Bonchev–Trinajstić information content (AvgIpc) is 2.98. The molecule has 2 aromatic carbocycles. The van der Waals surface area contributed by atoms with Crippen molar-refractivity contribution in [2.24, 2.45) is 0 Å². The first-order chi connectivity index (χ1) is 12.5. The van der Waals surface area contributed by atoms with Crippen molar-refractivity contribution in [1.82, 2.24) is 5.32 Å². The number of amides is 3. The number of hydrogen-bond donors (Lipinski definition) is 2. The SMILES string of the molecule is CSc1ccc(NC(=O)N[C@H]2CCN(c3ccc(F)c(C)c3)C2=O)cc1. The molecule has 1 atom stereocenters. The molecule has 0 bridgehead atoms. The van der Waals surface area contributed by atoms with Gasteiger partial charge in [0.05, 0.1) is 0 Å². The van der Waals surface area contributed by atoms with E-state index in [1.807, 2.05) is 30.5 Å². The van der Waals surface area contributed by atoms with Gasteiger partial charge in [0.15, 0.2) is 0 Å². The van der Waals surface area contributed by atoms with Crippen LogP contribution in [0, 0.1) is 12.7 Å². The van der Waals surface area contributed by atoms with E-state index >= 15 is 0 Å². The standard InChI is InChI=1S/C19H20FN3O2S/c1-12-11-14(5-8-16(12)20)23-10-9-17(18(23)24)22-19(25)21-13-3-6-15(26-2)7-4-13/h3-8,11,17H,9-10H2,1-2H3,(H2,21,22,25)/t17-/m0/s1. The van der Waals surface area contributed by atoms with Crippen molar-refractivity contribution in [2.45, 2.75) is 24.3 Å². The second-order valence-electron chi connectivity index (χ2n) is 6.09. The molecule has 0 saturated carbocycles. The van der Waals surface area contributed by atoms with Gasteiger partial charge in [-0.2, -0.15) is 0 Å². The zero-order chi connectivity index (χ0) is 18.7. The fourth-order valence-corrected chi connectivity index (χ4v) is 3.28. The van der Waals surface area contributed by atoms with Crippen molar-refractivity contribution in [3.05, 3.63) is 53.8 Å². The summed E-state index contributed by atoms with van der Waals surface area (Å²) in [5, 5.41) is 5.44. The van der Waals surface area contributed by atoms with E-state index in [2.05, 4.69) is 10.6 Å². The van der Waals surface area contributed by atoms with E-state index in [1.54, 1.807) is 35.7 Å². The quantitative estimate of drug-likeness (QED) is 0.802. The van der Waals surface area contributed by atoms with Gasteiger partial charge in [0.1, 0.15) is 11.9 Å². The number of nitrogens with zero attached hydrogens (tertiary/aromatic N) is 1. The highest BCUT2D eigenvalue weighted by molar-refractivity contribution is 7.98. The van der Waals surface area contributed by atoms with Crippen molar-refractivity contribution in [3.63, 3.8) is 0 Å². The number of urea groups is 1. The Morgan fingerprint density at radius 2 is 1.96 bits per heavy atom. The summed E-state index contributed by atoms with van der Waals surface area (Å²) < 4.78 is 13.4. The number of aryl methyl sites for hydroxylation is 1. The van der Waals surface area contributed by atoms with E-state index in [4.69, 9.17) is 0 Å². The summed E-state index contributed by atoms with van der Waals surface area (Å²) in [5.41, 5.74) is 1.79. The van der Waals surface area contributed by atoms with E-state index in [-0.39, 0.29) is 11.7 Å². The molecule has 1 aliphatic heterocycles. The topological polar surface area (TPSA) is 61.4 Å². The van der Waals surface area contributed by atoms with Gasteiger partial charge in [-0.1, -0.05) is 0 Å². The Labute approximate surface area is 156 Å². The molecule has 0 unspecified atom stereocenters. The van der Waals surface area contributed by atoms with Crippen LogP contribution in [0.2, 0.25) is 0 Å². The normalized spacial score (nSPS) is 16.7. The van der Waals surface area contributed by atoms with Gasteiger partial charge in [0.25, 0.3) is 0 Å². The van der Waals surface area contributed by atoms with Gasteiger partial charge < -0.3 is 15.5 Å². The van der Waals surface area contributed by atoms with Crippen molar-refractivity contribution in [1.29, 1.82) is 0 Å². The molecule has 1 saturated heterocycles. The Bertz CT molecular complexity index is 826. The molecule has 1 heterocycles. The number of halogens is 1. The molecule has 136 valence electrons. The maximum atomic E-state index is 13.4. The Morgan fingerprint density at radius 1 is 1.23 bits per heavy atom. The lowest BCUT2D eigenvalue weighted by molar-refractivity contribution is -0.118. The molecule has 1 aliphatic rings. The maximum absolute atomic E-state index is 13.4.